The van der Waals surface area contributed by atoms with Crippen LogP contribution in [0.5, 0.6) is 5.75 Å². The Morgan fingerprint density at radius 1 is 1.37 bits per heavy atom. The van der Waals surface area contributed by atoms with Crippen molar-refractivity contribution in [2.24, 2.45) is 11.7 Å². The molecule has 1 amide bonds. The van der Waals surface area contributed by atoms with Crippen LogP contribution in [0.2, 0.25) is 0 Å². The highest BCUT2D eigenvalue weighted by Crippen LogP contribution is 2.09. The molecular weight excluding hydrogens is 240 g/mol. The largest absolute Gasteiger partial charge is 0.492 e. The second-order valence-corrected chi connectivity index (χ2v) is 4.83. The van der Waals surface area contributed by atoms with E-state index in [1.165, 1.54) is 0 Å². The first-order valence-electron chi connectivity index (χ1n) is 6.74. The number of carbonyl (C=O) groups excluding carboxylic acids is 1. The smallest absolute Gasteiger partial charge is 0.239 e. The van der Waals surface area contributed by atoms with Crippen LogP contribution in [0.25, 0.3) is 0 Å². The summed E-state index contributed by atoms with van der Waals surface area (Å²) in [6.45, 7) is 5.05. The number of nitrogens with zero attached hydrogens (tertiary/aromatic N) is 1. The SMILES string of the molecule is CC[C@H](C)[C@H](N)C(=O)N(C)CCOc1ccccc1. The molecule has 106 valence electrons. The summed E-state index contributed by atoms with van der Waals surface area (Å²) in [4.78, 5) is 13.7. The Hall–Kier alpha value is -1.55. The van der Waals surface area contributed by atoms with Gasteiger partial charge in [0, 0.05) is 7.05 Å². The Bertz CT molecular complexity index is 381. The number of benzene rings is 1. The highest BCUT2D eigenvalue weighted by Gasteiger charge is 2.22. The first kappa shape index (κ1) is 15.5. The van der Waals surface area contributed by atoms with Gasteiger partial charge in [0.2, 0.25) is 5.91 Å². The normalized spacial score (nSPS) is 13.7. The van der Waals surface area contributed by atoms with Gasteiger partial charge in [-0.05, 0) is 18.1 Å². The summed E-state index contributed by atoms with van der Waals surface area (Å²) in [6.07, 6.45) is 0.904. The molecule has 0 saturated heterocycles. The first-order chi connectivity index (χ1) is 9.06. The summed E-state index contributed by atoms with van der Waals surface area (Å²) >= 11 is 0. The predicted molar refractivity (Wildman–Crippen MR) is 77.0 cm³/mol. The summed E-state index contributed by atoms with van der Waals surface area (Å²) in [6, 6.07) is 9.14. The number of para-hydroxylation sites is 1. The minimum absolute atomic E-state index is 0.0222. The number of hydrogen-bond donors (Lipinski definition) is 1. The number of hydrogen-bond acceptors (Lipinski definition) is 3. The molecule has 0 aliphatic heterocycles. The van der Waals surface area contributed by atoms with Crippen molar-refractivity contribution in [3.05, 3.63) is 30.3 Å². The van der Waals surface area contributed by atoms with Gasteiger partial charge in [0.25, 0.3) is 0 Å². The van der Waals surface area contributed by atoms with Gasteiger partial charge in [-0.3, -0.25) is 4.79 Å². The molecule has 2 atom stereocenters. The number of nitrogens with two attached hydrogens (primary N) is 1. The van der Waals surface area contributed by atoms with Crippen LogP contribution in [0.3, 0.4) is 0 Å². The molecule has 0 aromatic heterocycles. The molecule has 4 heteroatoms. The summed E-state index contributed by atoms with van der Waals surface area (Å²) in [7, 11) is 1.76. The van der Waals surface area contributed by atoms with Crippen LogP contribution in [-0.2, 0) is 4.79 Å². The summed E-state index contributed by atoms with van der Waals surface area (Å²) in [5.74, 6) is 0.991. The van der Waals surface area contributed by atoms with Crippen molar-refractivity contribution in [1.29, 1.82) is 0 Å². The van der Waals surface area contributed by atoms with E-state index in [1.807, 2.05) is 44.2 Å². The first-order valence-corrected chi connectivity index (χ1v) is 6.74. The van der Waals surface area contributed by atoms with Gasteiger partial charge in [0.05, 0.1) is 12.6 Å². The molecular formula is C15H24N2O2. The lowest BCUT2D eigenvalue weighted by Crippen LogP contribution is -2.46. The number of ether oxygens (including phenoxy) is 1. The second kappa shape index (κ2) is 7.79. The van der Waals surface area contributed by atoms with Crippen LogP contribution in [-0.4, -0.2) is 37.0 Å². The highest BCUT2D eigenvalue weighted by molar-refractivity contribution is 5.81. The van der Waals surface area contributed by atoms with Gasteiger partial charge in [0.15, 0.2) is 0 Å². The molecule has 0 heterocycles. The third-order valence-electron chi connectivity index (χ3n) is 3.36. The zero-order chi connectivity index (χ0) is 14.3. The average molecular weight is 264 g/mol. The van der Waals surface area contributed by atoms with Gasteiger partial charge in [-0.2, -0.15) is 0 Å². The van der Waals surface area contributed by atoms with Crippen molar-refractivity contribution in [3.8, 4) is 5.75 Å². The minimum Gasteiger partial charge on any atom is -0.492 e. The molecule has 0 spiro atoms. The molecule has 0 unspecified atom stereocenters. The maximum atomic E-state index is 12.0. The molecule has 1 rings (SSSR count). The van der Waals surface area contributed by atoms with Gasteiger partial charge in [-0.25, -0.2) is 0 Å². The Balaban J connectivity index is 2.35. The fraction of sp³-hybridized carbons (Fsp3) is 0.533. The zero-order valence-corrected chi connectivity index (χ0v) is 12.0. The van der Waals surface area contributed by atoms with Gasteiger partial charge >= 0.3 is 0 Å². The molecule has 0 radical (unpaired) electrons. The lowest BCUT2D eigenvalue weighted by molar-refractivity contribution is -0.132. The van der Waals surface area contributed by atoms with Gasteiger partial charge < -0.3 is 15.4 Å². The van der Waals surface area contributed by atoms with Crippen LogP contribution < -0.4 is 10.5 Å². The average Bonchev–Trinajstić information content (AvgIpc) is 2.45. The van der Waals surface area contributed by atoms with Gasteiger partial charge in [-0.1, -0.05) is 38.5 Å². The van der Waals surface area contributed by atoms with Crippen molar-refractivity contribution in [2.75, 3.05) is 20.2 Å². The zero-order valence-electron chi connectivity index (χ0n) is 12.0. The van der Waals surface area contributed by atoms with E-state index in [0.29, 0.717) is 13.2 Å². The molecule has 1 aromatic carbocycles. The number of likely N-dealkylation sites (N-methyl/N-ethyl adjacent to an activating group) is 1. The van der Waals surface area contributed by atoms with Crippen molar-refractivity contribution in [2.45, 2.75) is 26.3 Å². The number of rotatable bonds is 7. The fourth-order valence-electron chi connectivity index (χ4n) is 1.68. The van der Waals surface area contributed by atoms with E-state index in [0.717, 1.165) is 12.2 Å². The molecule has 0 saturated carbocycles. The fourth-order valence-corrected chi connectivity index (χ4v) is 1.68. The monoisotopic (exact) mass is 264 g/mol. The predicted octanol–water partition coefficient (Wildman–Crippen LogP) is 1.90. The Kier molecular flexibility index (Phi) is 6.36. The quantitative estimate of drug-likeness (QED) is 0.818. The summed E-state index contributed by atoms with van der Waals surface area (Å²) in [5, 5.41) is 0. The third-order valence-corrected chi connectivity index (χ3v) is 3.36. The van der Waals surface area contributed by atoms with Crippen LogP contribution >= 0.6 is 0 Å². The van der Waals surface area contributed by atoms with Crippen LogP contribution in [0.4, 0.5) is 0 Å². The van der Waals surface area contributed by atoms with E-state index in [-0.39, 0.29) is 11.8 Å². The third kappa shape index (κ3) is 4.91. The lowest BCUT2D eigenvalue weighted by Gasteiger charge is -2.24. The maximum absolute atomic E-state index is 12.0. The van der Waals surface area contributed by atoms with E-state index in [9.17, 15) is 4.79 Å². The summed E-state index contributed by atoms with van der Waals surface area (Å²) in [5.41, 5.74) is 5.92. The highest BCUT2D eigenvalue weighted by atomic mass is 16.5. The van der Waals surface area contributed by atoms with Crippen molar-refractivity contribution in [3.63, 3.8) is 0 Å². The maximum Gasteiger partial charge on any atom is 0.239 e. The lowest BCUT2D eigenvalue weighted by atomic mass is 9.99. The molecule has 1 aromatic rings. The minimum atomic E-state index is -0.424. The molecule has 4 nitrogen and oxygen atoms in total. The van der Waals surface area contributed by atoms with E-state index < -0.39 is 6.04 Å². The number of amides is 1. The van der Waals surface area contributed by atoms with E-state index in [4.69, 9.17) is 10.5 Å². The van der Waals surface area contributed by atoms with Crippen molar-refractivity contribution < 1.29 is 9.53 Å². The molecule has 19 heavy (non-hydrogen) atoms. The standard InChI is InChI=1S/C15H24N2O2/c1-4-12(2)14(16)15(18)17(3)10-11-19-13-8-6-5-7-9-13/h5-9,12,14H,4,10-11,16H2,1-3H3/t12-,14-/m0/s1. The van der Waals surface area contributed by atoms with Crippen molar-refractivity contribution >= 4 is 5.91 Å². The van der Waals surface area contributed by atoms with Gasteiger partial charge in [-0.15, -0.1) is 0 Å². The summed E-state index contributed by atoms with van der Waals surface area (Å²) < 4.78 is 5.56. The second-order valence-electron chi connectivity index (χ2n) is 4.83. The Morgan fingerprint density at radius 2 is 2.00 bits per heavy atom. The Morgan fingerprint density at radius 3 is 2.58 bits per heavy atom. The number of carbonyl (C=O) groups is 1. The van der Waals surface area contributed by atoms with Crippen LogP contribution in [0, 0.1) is 5.92 Å². The molecule has 0 aliphatic rings. The van der Waals surface area contributed by atoms with E-state index >= 15 is 0 Å². The Labute approximate surface area is 115 Å². The van der Waals surface area contributed by atoms with E-state index in [1.54, 1.807) is 11.9 Å². The van der Waals surface area contributed by atoms with Crippen LogP contribution in [0.15, 0.2) is 30.3 Å². The molecule has 0 bridgehead atoms. The van der Waals surface area contributed by atoms with E-state index in [2.05, 4.69) is 0 Å². The topological polar surface area (TPSA) is 55.6 Å². The molecule has 0 fully saturated rings. The van der Waals surface area contributed by atoms with Crippen LogP contribution in [0.1, 0.15) is 20.3 Å². The van der Waals surface area contributed by atoms with Crippen molar-refractivity contribution in [1.82, 2.24) is 4.90 Å². The van der Waals surface area contributed by atoms with Gasteiger partial charge in [0.1, 0.15) is 12.4 Å². The molecule has 0 aliphatic carbocycles. The molecule has 2 N–H and O–H groups in total.